The third kappa shape index (κ3) is 3.57. The third-order valence-corrected chi connectivity index (χ3v) is 6.37. The number of pyridine rings is 1. The number of carbonyl (C=O) groups excluding carboxylic acids is 1. The molecule has 0 aliphatic carbocycles. The van der Waals surface area contributed by atoms with E-state index in [2.05, 4.69) is 20.2 Å². The number of methoxy groups -OCH3 is 1. The van der Waals surface area contributed by atoms with Crippen LogP contribution >= 0.6 is 11.3 Å². The quantitative estimate of drug-likeness (QED) is 0.493. The average Bonchev–Trinajstić information content (AvgIpc) is 3.52. The Hall–Kier alpha value is -3.24. The maximum atomic E-state index is 13.2. The summed E-state index contributed by atoms with van der Waals surface area (Å²) < 4.78 is 8.50. The van der Waals surface area contributed by atoms with Gasteiger partial charge in [-0.25, -0.2) is 9.97 Å². The van der Waals surface area contributed by atoms with Crippen LogP contribution in [0.3, 0.4) is 0 Å². The van der Waals surface area contributed by atoms with Gasteiger partial charge in [-0.05, 0) is 24.6 Å². The molecular formula is C21H22N6O3S. The normalized spacial score (nSPS) is 16.4. The molecule has 0 spiro atoms. The number of anilines is 1. The fourth-order valence-electron chi connectivity index (χ4n) is 4.03. The van der Waals surface area contributed by atoms with E-state index in [0.29, 0.717) is 42.1 Å². The molecule has 1 N–H and O–H groups in total. The van der Waals surface area contributed by atoms with Crippen LogP contribution in [-0.4, -0.2) is 57.7 Å². The molecule has 0 radical (unpaired) electrons. The number of fused-ring (bicyclic) bond motifs is 2. The molecule has 0 aromatic carbocycles. The molecule has 5 rings (SSSR count). The lowest BCUT2D eigenvalue weighted by Gasteiger charge is -2.16. The molecule has 4 aromatic heterocycles. The summed E-state index contributed by atoms with van der Waals surface area (Å²) in [6, 6.07) is 7.05. The topological polar surface area (TPSA) is 93.8 Å². The monoisotopic (exact) mass is 438 g/mol. The lowest BCUT2D eigenvalue weighted by atomic mass is 10.2. The zero-order valence-corrected chi connectivity index (χ0v) is 17.8. The molecule has 1 atom stereocenters. The van der Waals surface area contributed by atoms with Crippen LogP contribution < -0.4 is 15.8 Å². The van der Waals surface area contributed by atoms with Crippen LogP contribution in [0.2, 0.25) is 0 Å². The lowest BCUT2D eigenvalue weighted by molar-refractivity contribution is 0.0929. The summed E-state index contributed by atoms with van der Waals surface area (Å²) in [6.45, 7) is 2.39. The first kappa shape index (κ1) is 19.7. The maximum absolute atomic E-state index is 13.2. The number of amides is 1. The molecule has 1 aliphatic heterocycles. The second-order valence-electron chi connectivity index (χ2n) is 7.48. The summed E-state index contributed by atoms with van der Waals surface area (Å²) in [5.41, 5.74) is 1.26. The number of hydrogen-bond acceptors (Lipinski definition) is 7. The smallest absolute Gasteiger partial charge is 0.268 e. The molecule has 0 bridgehead atoms. The predicted octanol–water partition coefficient (Wildman–Crippen LogP) is 1.76. The Bertz CT molecular complexity index is 1300. The van der Waals surface area contributed by atoms with Gasteiger partial charge in [0.2, 0.25) is 0 Å². The van der Waals surface area contributed by atoms with Crippen LogP contribution in [0.4, 0.5) is 5.13 Å². The highest BCUT2D eigenvalue weighted by Crippen LogP contribution is 2.23. The molecular weight excluding hydrogens is 416 g/mol. The molecule has 1 aliphatic rings. The van der Waals surface area contributed by atoms with Gasteiger partial charge in [-0.1, -0.05) is 6.07 Å². The number of rotatable bonds is 6. The highest BCUT2D eigenvalue weighted by atomic mass is 32.1. The van der Waals surface area contributed by atoms with E-state index in [9.17, 15) is 9.59 Å². The van der Waals surface area contributed by atoms with E-state index >= 15 is 0 Å². The van der Waals surface area contributed by atoms with Gasteiger partial charge in [0.05, 0.1) is 12.0 Å². The van der Waals surface area contributed by atoms with E-state index in [1.807, 2.05) is 11.4 Å². The van der Waals surface area contributed by atoms with Gasteiger partial charge in [-0.15, -0.1) is 11.3 Å². The van der Waals surface area contributed by atoms with Crippen LogP contribution in [0.25, 0.3) is 16.7 Å². The van der Waals surface area contributed by atoms with Gasteiger partial charge in [-0.3, -0.25) is 14.0 Å². The van der Waals surface area contributed by atoms with Gasteiger partial charge in [0.25, 0.3) is 11.5 Å². The summed E-state index contributed by atoms with van der Waals surface area (Å²) >= 11 is 1.59. The number of hydrogen-bond donors (Lipinski definition) is 1. The number of ether oxygens (including phenoxy) is 1. The minimum Gasteiger partial charge on any atom is -0.383 e. The Labute approximate surface area is 181 Å². The van der Waals surface area contributed by atoms with E-state index < -0.39 is 0 Å². The molecule has 4 aromatic rings. The van der Waals surface area contributed by atoms with Crippen LogP contribution in [0.1, 0.15) is 16.9 Å². The standard InChI is InChI=1S/C21H22N6O3S/c1-30-10-9-26-16(12-15-18(26)24-17-4-2-3-7-27(17)20(15)29)19(28)23-14-5-8-25(13-14)21-22-6-11-31-21/h2-4,6-7,11-12,14H,5,8-10,13H2,1H3,(H,23,28). The van der Waals surface area contributed by atoms with Crippen molar-refractivity contribution in [1.29, 1.82) is 0 Å². The minimum absolute atomic E-state index is 0.0124. The predicted molar refractivity (Wildman–Crippen MR) is 119 cm³/mol. The summed E-state index contributed by atoms with van der Waals surface area (Å²) in [7, 11) is 1.61. The second kappa shape index (κ2) is 8.12. The Morgan fingerprint density at radius 2 is 2.29 bits per heavy atom. The number of carbonyl (C=O) groups is 1. The number of thiazole rings is 1. The van der Waals surface area contributed by atoms with Crippen LogP contribution in [0.5, 0.6) is 0 Å². The molecule has 1 unspecified atom stereocenters. The SMILES string of the molecule is COCCn1c(C(=O)NC2CCN(c3nccs3)C2)cc2c(=O)n3ccccc3nc21. The summed E-state index contributed by atoms with van der Waals surface area (Å²) in [4.78, 5) is 37.4. The molecule has 160 valence electrons. The van der Waals surface area contributed by atoms with E-state index in [1.165, 1.54) is 4.40 Å². The molecule has 0 saturated carbocycles. The van der Waals surface area contributed by atoms with Gasteiger partial charge in [0.15, 0.2) is 5.13 Å². The molecule has 5 heterocycles. The summed E-state index contributed by atoms with van der Waals surface area (Å²) in [5, 5.41) is 6.46. The number of nitrogens with zero attached hydrogens (tertiary/aromatic N) is 5. The Balaban J connectivity index is 1.48. The summed E-state index contributed by atoms with van der Waals surface area (Å²) in [6.07, 6.45) is 4.31. The van der Waals surface area contributed by atoms with Crippen LogP contribution in [-0.2, 0) is 11.3 Å². The van der Waals surface area contributed by atoms with Crippen molar-refractivity contribution in [2.45, 2.75) is 19.0 Å². The zero-order chi connectivity index (χ0) is 21.4. The zero-order valence-electron chi connectivity index (χ0n) is 17.0. The molecule has 1 fully saturated rings. The highest BCUT2D eigenvalue weighted by Gasteiger charge is 2.27. The van der Waals surface area contributed by atoms with E-state index in [0.717, 1.165) is 18.1 Å². The first-order valence-corrected chi connectivity index (χ1v) is 11.0. The van der Waals surface area contributed by atoms with E-state index in [4.69, 9.17) is 4.74 Å². The van der Waals surface area contributed by atoms with Gasteiger partial charge >= 0.3 is 0 Å². The van der Waals surface area contributed by atoms with Gasteiger partial charge < -0.3 is 19.5 Å². The highest BCUT2D eigenvalue weighted by molar-refractivity contribution is 7.13. The van der Waals surface area contributed by atoms with Crippen molar-refractivity contribution >= 4 is 39.1 Å². The van der Waals surface area contributed by atoms with Crippen molar-refractivity contribution in [3.05, 3.63) is 58.1 Å². The fraction of sp³-hybridized carbons (Fsp3) is 0.333. The van der Waals surface area contributed by atoms with Crippen molar-refractivity contribution in [3.63, 3.8) is 0 Å². The molecule has 9 nitrogen and oxygen atoms in total. The second-order valence-corrected chi connectivity index (χ2v) is 8.35. The first-order chi connectivity index (χ1) is 15.2. The van der Waals surface area contributed by atoms with Gasteiger partial charge in [0.1, 0.15) is 17.0 Å². The Morgan fingerprint density at radius 3 is 3.10 bits per heavy atom. The maximum Gasteiger partial charge on any atom is 0.268 e. The lowest BCUT2D eigenvalue weighted by Crippen LogP contribution is -2.38. The molecule has 1 saturated heterocycles. The van der Waals surface area contributed by atoms with Crippen LogP contribution in [0, 0.1) is 0 Å². The fourth-order valence-corrected chi connectivity index (χ4v) is 4.71. The minimum atomic E-state index is -0.214. The summed E-state index contributed by atoms with van der Waals surface area (Å²) in [5.74, 6) is -0.214. The number of aromatic nitrogens is 4. The average molecular weight is 439 g/mol. The van der Waals surface area contributed by atoms with Crippen molar-refractivity contribution in [2.24, 2.45) is 0 Å². The van der Waals surface area contributed by atoms with Crippen molar-refractivity contribution in [3.8, 4) is 0 Å². The van der Waals surface area contributed by atoms with Gasteiger partial charge in [-0.2, -0.15) is 0 Å². The van der Waals surface area contributed by atoms with Crippen molar-refractivity contribution < 1.29 is 9.53 Å². The van der Waals surface area contributed by atoms with E-state index in [1.54, 1.807) is 53.6 Å². The van der Waals surface area contributed by atoms with Crippen molar-refractivity contribution in [1.82, 2.24) is 24.3 Å². The number of nitrogens with one attached hydrogen (secondary N) is 1. The first-order valence-electron chi connectivity index (χ1n) is 10.1. The third-order valence-electron chi connectivity index (χ3n) is 5.54. The van der Waals surface area contributed by atoms with Crippen molar-refractivity contribution in [2.75, 3.05) is 31.7 Å². The molecule has 31 heavy (non-hydrogen) atoms. The molecule has 1 amide bonds. The van der Waals surface area contributed by atoms with Gasteiger partial charge in [0, 0.05) is 50.6 Å². The Morgan fingerprint density at radius 1 is 1.39 bits per heavy atom. The van der Waals surface area contributed by atoms with E-state index in [-0.39, 0.29) is 17.5 Å². The Kier molecular flexibility index (Phi) is 5.16. The largest absolute Gasteiger partial charge is 0.383 e. The molecule has 10 heteroatoms. The van der Waals surface area contributed by atoms with Crippen LogP contribution in [0.15, 0.2) is 46.8 Å².